The summed E-state index contributed by atoms with van der Waals surface area (Å²) in [5.74, 6) is 0.195. The van der Waals surface area contributed by atoms with E-state index in [9.17, 15) is 10.2 Å². The third-order valence-corrected chi connectivity index (χ3v) is 3.40. The number of hydrogen-bond acceptors (Lipinski definition) is 5. The number of nitrogens with zero attached hydrogens (tertiary/aromatic N) is 2. The van der Waals surface area contributed by atoms with Crippen molar-refractivity contribution in [3.8, 4) is 23.0 Å². The van der Waals surface area contributed by atoms with Gasteiger partial charge < -0.3 is 14.6 Å². The first-order valence-corrected chi connectivity index (χ1v) is 6.63. The van der Waals surface area contributed by atoms with Crippen LogP contribution in [-0.2, 0) is 0 Å². The fourth-order valence-electron chi connectivity index (χ4n) is 1.91. The van der Waals surface area contributed by atoms with E-state index in [1.807, 2.05) is 30.3 Å². The molecule has 0 radical (unpaired) electrons. The maximum Gasteiger partial charge on any atom is 0.251 e. The van der Waals surface area contributed by atoms with Gasteiger partial charge in [-0.15, -0.1) is 21.8 Å². The van der Waals surface area contributed by atoms with Gasteiger partial charge in [0, 0.05) is 6.07 Å². The van der Waals surface area contributed by atoms with E-state index in [4.69, 9.17) is 16.0 Å². The molecule has 0 saturated carbocycles. The Balaban J connectivity index is 1.93. The first-order chi connectivity index (χ1) is 10.1. The van der Waals surface area contributed by atoms with E-state index < -0.39 is 5.38 Å². The maximum atomic E-state index is 9.79. The third kappa shape index (κ3) is 2.68. The van der Waals surface area contributed by atoms with E-state index in [0.717, 1.165) is 5.56 Å². The summed E-state index contributed by atoms with van der Waals surface area (Å²) in [7, 11) is 0. The van der Waals surface area contributed by atoms with Crippen molar-refractivity contribution in [1.29, 1.82) is 0 Å². The molecule has 1 unspecified atom stereocenters. The number of halogens is 1. The minimum absolute atomic E-state index is 0.0458. The molecular weight excluding hydrogens is 292 g/mol. The quantitative estimate of drug-likeness (QED) is 0.724. The Morgan fingerprint density at radius 2 is 1.76 bits per heavy atom. The van der Waals surface area contributed by atoms with Crippen LogP contribution in [-0.4, -0.2) is 20.4 Å². The third-order valence-electron chi connectivity index (χ3n) is 2.96. The number of alkyl halides is 1. The molecule has 6 heteroatoms. The molecule has 0 fully saturated rings. The highest BCUT2D eigenvalue weighted by molar-refractivity contribution is 6.22. The first-order valence-electron chi connectivity index (χ1n) is 6.20. The highest BCUT2D eigenvalue weighted by atomic mass is 35.5. The van der Waals surface area contributed by atoms with E-state index in [2.05, 4.69) is 10.2 Å². The van der Waals surface area contributed by atoms with E-state index in [-0.39, 0.29) is 23.3 Å². The van der Waals surface area contributed by atoms with E-state index in [0.29, 0.717) is 5.56 Å². The van der Waals surface area contributed by atoms with Gasteiger partial charge in [-0.25, -0.2) is 0 Å². The normalized spacial score (nSPS) is 12.2. The molecule has 2 N–H and O–H groups in total. The Kier molecular flexibility index (Phi) is 3.50. The minimum atomic E-state index is -0.563. The summed E-state index contributed by atoms with van der Waals surface area (Å²) < 4.78 is 5.51. The Morgan fingerprint density at radius 1 is 1.00 bits per heavy atom. The van der Waals surface area contributed by atoms with Crippen LogP contribution >= 0.6 is 11.6 Å². The molecule has 106 valence electrons. The summed E-state index contributed by atoms with van der Waals surface area (Å²) in [5, 5.41) is 26.3. The average molecular weight is 303 g/mol. The molecule has 5 nitrogen and oxygen atoms in total. The molecule has 1 aromatic heterocycles. The fraction of sp³-hybridized carbons (Fsp3) is 0.0667. The molecular formula is C15H11ClN2O3. The van der Waals surface area contributed by atoms with E-state index in [1.54, 1.807) is 0 Å². The average Bonchev–Trinajstić information content (AvgIpc) is 2.97. The van der Waals surface area contributed by atoms with Gasteiger partial charge in [-0.2, -0.15) is 0 Å². The molecule has 3 rings (SSSR count). The summed E-state index contributed by atoms with van der Waals surface area (Å²) in [6, 6.07) is 13.5. The molecule has 21 heavy (non-hydrogen) atoms. The standard InChI is InChI=1S/C15H11ClN2O3/c16-13(9-4-2-1-3-5-9)15-18-17-14(21-15)11-7-6-10(19)8-12(11)20/h1-8,13,19-20H. The predicted octanol–water partition coefficient (Wildman–Crippen LogP) is 3.48. The van der Waals surface area contributed by atoms with Gasteiger partial charge in [-0.05, 0) is 17.7 Å². The lowest BCUT2D eigenvalue weighted by molar-refractivity contribution is 0.448. The van der Waals surface area contributed by atoms with Crippen LogP contribution < -0.4 is 0 Å². The Bertz CT molecular complexity index is 759. The van der Waals surface area contributed by atoms with Crippen molar-refractivity contribution < 1.29 is 14.6 Å². The van der Waals surface area contributed by atoms with Crippen LogP contribution in [0.4, 0.5) is 0 Å². The second-order valence-corrected chi connectivity index (χ2v) is 4.86. The highest BCUT2D eigenvalue weighted by Crippen LogP contribution is 2.34. The molecule has 1 atom stereocenters. The topological polar surface area (TPSA) is 79.4 Å². The van der Waals surface area contributed by atoms with Crippen LogP contribution in [0.2, 0.25) is 0 Å². The number of hydrogen-bond donors (Lipinski definition) is 2. The summed E-state index contributed by atoms with van der Waals surface area (Å²) in [6.07, 6.45) is 0. The number of benzene rings is 2. The summed E-state index contributed by atoms with van der Waals surface area (Å²) in [4.78, 5) is 0. The Morgan fingerprint density at radius 3 is 2.48 bits per heavy atom. The van der Waals surface area contributed by atoms with E-state index >= 15 is 0 Å². The van der Waals surface area contributed by atoms with Crippen molar-refractivity contribution in [3.63, 3.8) is 0 Å². The van der Waals surface area contributed by atoms with Gasteiger partial charge in [0.25, 0.3) is 5.89 Å². The lowest BCUT2D eigenvalue weighted by Gasteiger charge is -2.04. The van der Waals surface area contributed by atoms with Crippen molar-refractivity contribution in [1.82, 2.24) is 10.2 Å². The molecule has 0 spiro atoms. The lowest BCUT2D eigenvalue weighted by atomic mass is 10.1. The molecule has 0 bridgehead atoms. The van der Waals surface area contributed by atoms with Crippen LogP contribution in [0.1, 0.15) is 16.8 Å². The van der Waals surface area contributed by atoms with Crippen LogP contribution in [0.15, 0.2) is 52.9 Å². The van der Waals surface area contributed by atoms with Gasteiger partial charge in [-0.1, -0.05) is 30.3 Å². The molecule has 0 aliphatic heterocycles. The lowest BCUT2D eigenvalue weighted by Crippen LogP contribution is -1.92. The number of phenols is 2. The highest BCUT2D eigenvalue weighted by Gasteiger charge is 2.20. The van der Waals surface area contributed by atoms with Crippen LogP contribution in [0, 0.1) is 0 Å². The van der Waals surface area contributed by atoms with Crippen molar-refractivity contribution in [2.75, 3.05) is 0 Å². The SMILES string of the molecule is Oc1ccc(-c2nnc(C(Cl)c3ccccc3)o2)c(O)c1. The van der Waals surface area contributed by atoms with Crippen molar-refractivity contribution in [2.24, 2.45) is 0 Å². The zero-order chi connectivity index (χ0) is 14.8. The van der Waals surface area contributed by atoms with E-state index in [1.165, 1.54) is 18.2 Å². The smallest absolute Gasteiger partial charge is 0.251 e. The largest absolute Gasteiger partial charge is 0.508 e. The molecule has 0 saturated heterocycles. The second-order valence-electron chi connectivity index (χ2n) is 4.42. The fourth-order valence-corrected chi connectivity index (χ4v) is 2.14. The number of rotatable bonds is 3. The van der Waals surface area contributed by atoms with Crippen LogP contribution in [0.5, 0.6) is 11.5 Å². The van der Waals surface area contributed by atoms with Gasteiger partial charge in [0.2, 0.25) is 5.89 Å². The Hall–Kier alpha value is -2.53. The maximum absolute atomic E-state index is 9.79. The zero-order valence-electron chi connectivity index (χ0n) is 10.8. The molecule has 0 aliphatic rings. The monoisotopic (exact) mass is 302 g/mol. The van der Waals surface area contributed by atoms with Crippen LogP contribution in [0.25, 0.3) is 11.5 Å². The van der Waals surface area contributed by atoms with Crippen molar-refractivity contribution in [3.05, 3.63) is 60.0 Å². The van der Waals surface area contributed by atoms with Gasteiger partial charge in [0.05, 0.1) is 5.56 Å². The summed E-state index contributed by atoms with van der Waals surface area (Å²) in [6.45, 7) is 0. The minimum Gasteiger partial charge on any atom is -0.508 e. The van der Waals surface area contributed by atoms with Gasteiger partial charge in [-0.3, -0.25) is 0 Å². The van der Waals surface area contributed by atoms with Crippen LogP contribution in [0.3, 0.4) is 0 Å². The number of aromatic hydroxyl groups is 2. The molecule has 0 amide bonds. The van der Waals surface area contributed by atoms with Crippen molar-refractivity contribution in [2.45, 2.75) is 5.38 Å². The zero-order valence-corrected chi connectivity index (χ0v) is 11.5. The molecule has 0 aliphatic carbocycles. The van der Waals surface area contributed by atoms with Gasteiger partial charge in [0.1, 0.15) is 16.9 Å². The predicted molar refractivity (Wildman–Crippen MR) is 77.2 cm³/mol. The summed E-state index contributed by atoms with van der Waals surface area (Å²) >= 11 is 6.30. The molecule has 2 aromatic carbocycles. The first kappa shape index (κ1) is 13.5. The van der Waals surface area contributed by atoms with Gasteiger partial charge in [0.15, 0.2) is 0 Å². The second kappa shape index (κ2) is 5.46. The molecule has 3 aromatic rings. The summed E-state index contributed by atoms with van der Waals surface area (Å²) in [5.41, 5.74) is 1.17. The number of aromatic nitrogens is 2. The van der Waals surface area contributed by atoms with Gasteiger partial charge >= 0.3 is 0 Å². The number of phenolic OH excluding ortho intramolecular Hbond substituents is 2. The Labute approximate surface area is 125 Å². The molecule has 1 heterocycles. The van der Waals surface area contributed by atoms with Crippen molar-refractivity contribution >= 4 is 11.6 Å².